The third-order valence-electron chi connectivity index (χ3n) is 3.18. The van der Waals surface area contributed by atoms with Crippen molar-refractivity contribution in [3.05, 3.63) is 53.5 Å². The van der Waals surface area contributed by atoms with Crippen LogP contribution < -0.4 is 4.90 Å². The molecule has 0 saturated heterocycles. The molecule has 92 valence electrons. The maximum atomic E-state index is 13.3. The van der Waals surface area contributed by atoms with Gasteiger partial charge in [0.1, 0.15) is 11.6 Å². The molecule has 0 spiro atoms. The van der Waals surface area contributed by atoms with Crippen LogP contribution in [0.2, 0.25) is 0 Å². The van der Waals surface area contributed by atoms with Crippen LogP contribution in [0.1, 0.15) is 11.1 Å². The van der Waals surface area contributed by atoms with Gasteiger partial charge in [-0.25, -0.2) is 9.37 Å². The fraction of sp³-hybridized carbons (Fsp3) is 0.214. The average molecular weight is 263 g/mol. The Kier molecular flexibility index (Phi) is 2.92. The van der Waals surface area contributed by atoms with E-state index in [4.69, 9.17) is 11.6 Å². The first-order chi connectivity index (χ1) is 8.78. The van der Waals surface area contributed by atoms with E-state index in [-0.39, 0.29) is 5.82 Å². The molecule has 0 N–H and O–H groups in total. The summed E-state index contributed by atoms with van der Waals surface area (Å²) < 4.78 is 13.3. The molecular formula is C14H12ClFN2. The van der Waals surface area contributed by atoms with Gasteiger partial charge in [0, 0.05) is 24.3 Å². The standard InChI is InChI=1S/C14H12ClFN2/c15-9-10-3-5-17-14(7-10)18-6-4-11-1-2-12(16)8-13(11)18/h1-3,5,7-8H,4,6,9H2. The highest BCUT2D eigenvalue weighted by Crippen LogP contribution is 2.34. The molecular weight excluding hydrogens is 251 g/mol. The van der Waals surface area contributed by atoms with Crippen molar-refractivity contribution in [1.29, 1.82) is 0 Å². The molecule has 2 aromatic rings. The Morgan fingerprint density at radius 2 is 2.17 bits per heavy atom. The predicted molar refractivity (Wildman–Crippen MR) is 70.9 cm³/mol. The second kappa shape index (κ2) is 4.58. The van der Waals surface area contributed by atoms with Crippen LogP contribution in [0.15, 0.2) is 36.5 Å². The first kappa shape index (κ1) is 11.5. The molecule has 0 atom stereocenters. The molecule has 1 aliphatic rings. The van der Waals surface area contributed by atoms with Crippen LogP contribution in [0.25, 0.3) is 0 Å². The number of fused-ring (bicyclic) bond motifs is 1. The number of halogens is 2. The zero-order valence-corrected chi connectivity index (χ0v) is 10.5. The second-order valence-electron chi connectivity index (χ2n) is 4.33. The van der Waals surface area contributed by atoms with Crippen LogP contribution in [-0.2, 0) is 12.3 Å². The maximum Gasteiger partial charge on any atom is 0.133 e. The summed E-state index contributed by atoms with van der Waals surface area (Å²) in [6, 6.07) is 8.75. The minimum Gasteiger partial charge on any atom is -0.326 e. The average Bonchev–Trinajstić information content (AvgIpc) is 2.81. The number of nitrogens with zero attached hydrogens (tertiary/aromatic N) is 2. The normalized spacial score (nSPS) is 13.8. The monoisotopic (exact) mass is 262 g/mol. The quantitative estimate of drug-likeness (QED) is 0.768. The molecule has 1 aromatic carbocycles. The van der Waals surface area contributed by atoms with E-state index in [1.807, 2.05) is 23.1 Å². The van der Waals surface area contributed by atoms with E-state index >= 15 is 0 Å². The van der Waals surface area contributed by atoms with Crippen molar-refractivity contribution in [2.24, 2.45) is 0 Å². The molecule has 1 aliphatic heterocycles. The summed E-state index contributed by atoms with van der Waals surface area (Å²) in [6.07, 6.45) is 2.66. The van der Waals surface area contributed by atoms with Gasteiger partial charge in [0.05, 0.1) is 0 Å². The van der Waals surface area contributed by atoms with Gasteiger partial charge in [-0.15, -0.1) is 11.6 Å². The van der Waals surface area contributed by atoms with Crippen LogP contribution in [-0.4, -0.2) is 11.5 Å². The Morgan fingerprint density at radius 3 is 3.00 bits per heavy atom. The molecule has 0 fully saturated rings. The molecule has 2 nitrogen and oxygen atoms in total. The fourth-order valence-electron chi connectivity index (χ4n) is 2.28. The van der Waals surface area contributed by atoms with Crippen LogP contribution in [0.3, 0.4) is 0 Å². The number of alkyl halides is 1. The van der Waals surface area contributed by atoms with Gasteiger partial charge in [0.25, 0.3) is 0 Å². The van der Waals surface area contributed by atoms with Crippen molar-refractivity contribution in [3.8, 4) is 0 Å². The number of hydrogen-bond donors (Lipinski definition) is 0. The zero-order chi connectivity index (χ0) is 12.5. The van der Waals surface area contributed by atoms with Crippen LogP contribution in [0.4, 0.5) is 15.9 Å². The SMILES string of the molecule is Fc1ccc2c(c1)N(c1cc(CCl)ccn1)CC2. The number of benzene rings is 1. The number of anilines is 2. The van der Waals surface area contributed by atoms with Gasteiger partial charge >= 0.3 is 0 Å². The minimum absolute atomic E-state index is 0.214. The summed E-state index contributed by atoms with van der Waals surface area (Å²) in [5, 5.41) is 0. The van der Waals surface area contributed by atoms with Crippen molar-refractivity contribution in [1.82, 2.24) is 4.98 Å². The molecule has 0 amide bonds. The van der Waals surface area contributed by atoms with E-state index in [0.29, 0.717) is 5.88 Å². The zero-order valence-electron chi connectivity index (χ0n) is 9.74. The highest BCUT2D eigenvalue weighted by molar-refractivity contribution is 6.17. The van der Waals surface area contributed by atoms with Gasteiger partial charge in [-0.3, -0.25) is 0 Å². The van der Waals surface area contributed by atoms with Crippen LogP contribution in [0.5, 0.6) is 0 Å². The lowest BCUT2D eigenvalue weighted by molar-refractivity contribution is 0.628. The smallest absolute Gasteiger partial charge is 0.133 e. The summed E-state index contributed by atoms with van der Waals surface area (Å²) in [7, 11) is 0. The third-order valence-corrected chi connectivity index (χ3v) is 3.49. The summed E-state index contributed by atoms with van der Waals surface area (Å²) >= 11 is 5.82. The van der Waals surface area contributed by atoms with E-state index < -0.39 is 0 Å². The number of aromatic nitrogens is 1. The summed E-state index contributed by atoms with van der Waals surface area (Å²) in [5.74, 6) is 1.07. The van der Waals surface area contributed by atoms with Gasteiger partial charge in [0.15, 0.2) is 0 Å². The van der Waals surface area contributed by atoms with Gasteiger partial charge in [-0.2, -0.15) is 0 Å². The van der Waals surface area contributed by atoms with Crippen LogP contribution >= 0.6 is 11.6 Å². The Morgan fingerprint density at radius 1 is 1.28 bits per heavy atom. The Balaban J connectivity index is 2.02. The number of hydrogen-bond acceptors (Lipinski definition) is 2. The number of rotatable bonds is 2. The van der Waals surface area contributed by atoms with E-state index in [1.165, 1.54) is 6.07 Å². The topological polar surface area (TPSA) is 16.1 Å². The number of pyridine rings is 1. The summed E-state index contributed by atoms with van der Waals surface area (Å²) in [5.41, 5.74) is 3.09. The second-order valence-corrected chi connectivity index (χ2v) is 4.60. The van der Waals surface area contributed by atoms with Gasteiger partial charge < -0.3 is 4.90 Å². The molecule has 1 aromatic heterocycles. The molecule has 4 heteroatoms. The molecule has 0 saturated carbocycles. The van der Waals surface area contributed by atoms with Crippen molar-refractivity contribution in [2.45, 2.75) is 12.3 Å². The molecule has 0 aliphatic carbocycles. The lowest BCUT2D eigenvalue weighted by Gasteiger charge is -2.18. The van der Waals surface area contributed by atoms with Crippen molar-refractivity contribution in [2.75, 3.05) is 11.4 Å². The molecule has 0 unspecified atom stereocenters. The van der Waals surface area contributed by atoms with Gasteiger partial charge in [-0.1, -0.05) is 6.07 Å². The lowest BCUT2D eigenvalue weighted by atomic mass is 10.2. The molecule has 18 heavy (non-hydrogen) atoms. The van der Waals surface area contributed by atoms with Gasteiger partial charge in [-0.05, 0) is 41.8 Å². The van der Waals surface area contributed by atoms with Crippen molar-refractivity contribution < 1.29 is 4.39 Å². The lowest BCUT2D eigenvalue weighted by Crippen LogP contribution is -2.14. The highest BCUT2D eigenvalue weighted by Gasteiger charge is 2.21. The molecule has 0 bridgehead atoms. The van der Waals surface area contributed by atoms with Crippen LogP contribution in [0, 0.1) is 5.82 Å². The molecule has 2 heterocycles. The largest absolute Gasteiger partial charge is 0.326 e. The van der Waals surface area contributed by atoms with Crippen molar-refractivity contribution >= 4 is 23.1 Å². The van der Waals surface area contributed by atoms with E-state index in [0.717, 1.165) is 35.6 Å². The van der Waals surface area contributed by atoms with E-state index in [1.54, 1.807) is 12.3 Å². The van der Waals surface area contributed by atoms with Gasteiger partial charge in [0.2, 0.25) is 0 Å². The minimum atomic E-state index is -0.214. The summed E-state index contributed by atoms with van der Waals surface area (Å²) in [6.45, 7) is 0.831. The maximum absolute atomic E-state index is 13.3. The Bertz CT molecular complexity index is 586. The van der Waals surface area contributed by atoms with E-state index in [2.05, 4.69) is 4.98 Å². The first-order valence-electron chi connectivity index (χ1n) is 5.85. The third kappa shape index (κ3) is 1.95. The fourth-order valence-corrected chi connectivity index (χ4v) is 2.45. The molecule has 3 rings (SSSR count). The predicted octanol–water partition coefficient (Wildman–Crippen LogP) is 3.65. The van der Waals surface area contributed by atoms with E-state index in [9.17, 15) is 4.39 Å². The van der Waals surface area contributed by atoms with Crippen molar-refractivity contribution in [3.63, 3.8) is 0 Å². The Hall–Kier alpha value is -1.61. The molecule has 0 radical (unpaired) electrons. The summed E-state index contributed by atoms with van der Waals surface area (Å²) in [4.78, 5) is 6.38. The highest BCUT2D eigenvalue weighted by atomic mass is 35.5. The first-order valence-corrected chi connectivity index (χ1v) is 6.38. The Labute approximate surface area is 110 Å².